The minimum atomic E-state index is -1.19. The number of halogens is 1. The molecule has 24 heavy (non-hydrogen) atoms. The van der Waals surface area contributed by atoms with Gasteiger partial charge in [-0.2, -0.15) is 0 Å². The van der Waals surface area contributed by atoms with Gasteiger partial charge in [0.1, 0.15) is 12.4 Å². The maximum Gasteiger partial charge on any atom is 0.358 e. The second-order valence-electron chi connectivity index (χ2n) is 6.02. The molecule has 1 amide bonds. The van der Waals surface area contributed by atoms with Crippen molar-refractivity contribution in [1.82, 2.24) is 20.3 Å². The van der Waals surface area contributed by atoms with Gasteiger partial charge in [0, 0.05) is 12.0 Å². The largest absolute Gasteiger partial charge is 0.476 e. The van der Waals surface area contributed by atoms with Crippen molar-refractivity contribution >= 4 is 11.9 Å². The van der Waals surface area contributed by atoms with Gasteiger partial charge < -0.3 is 10.4 Å². The first-order valence-corrected chi connectivity index (χ1v) is 7.65. The zero-order valence-electron chi connectivity index (χ0n) is 12.9. The molecule has 1 aliphatic rings. The van der Waals surface area contributed by atoms with Crippen LogP contribution in [0.1, 0.15) is 35.3 Å². The van der Waals surface area contributed by atoms with E-state index in [1.54, 1.807) is 12.1 Å². The molecule has 7 nitrogen and oxygen atoms in total. The Morgan fingerprint density at radius 1 is 1.29 bits per heavy atom. The van der Waals surface area contributed by atoms with E-state index in [4.69, 9.17) is 5.11 Å². The SMILES string of the molecule is O=C(Cn1cc(C(=O)O)nn1)NCC1(c2ccc(F)cc2)CCC1. The molecule has 2 aromatic rings. The van der Waals surface area contributed by atoms with Gasteiger partial charge in [-0.1, -0.05) is 23.8 Å². The summed E-state index contributed by atoms with van der Waals surface area (Å²) in [7, 11) is 0. The van der Waals surface area contributed by atoms with Crippen molar-refractivity contribution < 1.29 is 19.1 Å². The molecular formula is C16H17FN4O3. The smallest absolute Gasteiger partial charge is 0.358 e. The summed E-state index contributed by atoms with van der Waals surface area (Å²) < 4.78 is 14.3. The summed E-state index contributed by atoms with van der Waals surface area (Å²) in [5.41, 5.74) is 0.659. The predicted octanol–water partition coefficient (Wildman–Crippen LogP) is 1.35. The molecule has 1 aromatic carbocycles. The number of carboxylic acid groups (broad SMARTS) is 1. The highest BCUT2D eigenvalue weighted by atomic mass is 19.1. The summed E-state index contributed by atoms with van der Waals surface area (Å²) in [6.45, 7) is 0.359. The third-order valence-electron chi connectivity index (χ3n) is 4.45. The van der Waals surface area contributed by atoms with Crippen LogP contribution in [0.4, 0.5) is 4.39 Å². The summed E-state index contributed by atoms with van der Waals surface area (Å²) in [6.07, 6.45) is 4.15. The first kappa shape index (κ1) is 16.1. The quantitative estimate of drug-likeness (QED) is 0.832. The fourth-order valence-electron chi connectivity index (χ4n) is 2.92. The molecule has 8 heteroatoms. The van der Waals surface area contributed by atoms with Gasteiger partial charge in [0.2, 0.25) is 5.91 Å². The second-order valence-corrected chi connectivity index (χ2v) is 6.02. The Morgan fingerprint density at radius 3 is 2.54 bits per heavy atom. The van der Waals surface area contributed by atoms with Crippen LogP contribution < -0.4 is 5.32 Å². The maximum atomic E-state index is 13.1. The number of carboxylic acids is 1. The summed E-state index contributed by atoms with van der Waals surface area (Å²) in [5.74, 6) is -1.74. The Hall–Kier alpha value is -2.77. The molecule has 0 spiro atoms. The number of aromatic carboxylic acids is 1. The minimum Gasteiger partial charge on any atom is -0.476 e. The van der Waals surface area contributed by atoms with Crippen LogP contribution in [-0.2, 0) is 16.8 Å². The van der Waals surface area contributed by atoms with E-state index in [0.29, 0.717) is 6.54 Å². The van der Waals surface area contributed by atoms with Gasteiger partial charge in [0.15, 0.2) is 5.69 Å². The molecular weight excluding hydrogens is 315 g/mol. The number of hydrogen-bond donors (Lipinski definition) is 2. The van der Waals surface area contributed by atoms with Crippen molar-refractivity contribution in [2.24, 2.45) is 0 Å². The summed E-state index contributed by atoms with van der Waals surface area (Å²) >= 11 is 0. The Labute approximate surface area is 137 Å². The van der Waals surface area contributed by atoms with Gasteiger partial charge in [0.25, 0.3) is 0 Å². The van der Waals surface area contributed by atoms with Gasteiger partial charge >= 0.3 is 5.97 Å². The molecule has 1 fully saturated rings. The van der Waals surface area contributed by atoms with Crippen molar-refractivity contribution in [3.05, 3.63) is 47.5 Å². The second kappa shape index (κ2) is 6.38. The van der Waals surface area contributed by atoms with Crippen LogP contribution in [0.15, 0.2) is 30.5 Å². The van der Waals surface area contributed by atoms with Crippen LogP contribution in [-0.4, -0.2) is 38.5 Å². The first-order chi connectivity index (χ1) is 11.5. The molecule has 0 bridgehead atoms. The normalized spacial score (nSPS) is 15.5. The van der Waals surface area contributed by atoms with E-state index >= 15 is 0 Å². The molecule has 1 heterocycles. The van der Waals surface area contributed by atoms with E-state index in [-0.39, 0.29) is 29.4 Å². The Bertz CT molecular complexity index is 753. The number of benzene rings is 1. The highest BCUT2D eigenvalue weighted by molar-refractivity contribution is 5.84. The lowest BCUT2D eigenvalue weighted by atomic mass is 9.64. The molecule has 1 aromatic heterocycles. The van der Waals surface area contributed by atoms with Crippen LogP contribution in [0.3, 0.4) is 0 Å². The van der Waals surface area contributed by atoms with Crippen LogP contribution in [0.2, 0.25) is 0 Å². The van der Waals surface area contributed by atoms with Gasteiger partial charge in [0.05, 0.1) is 6.20 Å². The van der Waals surface area contributed by atoms with Crippen LogP contribution in [0.25, 0.3) is 0 Å². The topological polar surface area (TPSA) is 97.1 Å². The number of nitrogens with zero attached hydrogens (tertiary/aromatic N) is 3. The number of rotatable bonds is 6. The molecule has 2 N–H and O–H groups in total. The molecule has 0 aliphatic heterocycles. The fourth-order valence-corrected chi connectivity index (χ4v) is 2.92. The van der Waals surface area contributed by atoms with E-state index in [1.807, 2.05) is 0 Å². The van der Waals surface area contributed by atoms with Crippen LogP contribution in [0.5, 0.6) is 0 Å². The molecule has 0 atom stereocenters. The van der Waals surface area contributed by atoms with Crippen molar-refractivity contribution in [3.8, 4) is 0 Å². The zero-order chi connectivity index (χ0) is 17.2. The molecule has 1 aliphatic carbocycles. The molecule has 0 saturated heterocycles. The van der Waals surface area contributed by atoms with Gasteiger partial charge in [-0.15, -0.1) is 5.10 Å². The van der Waals surface area contributed by atoms with E-state index in [2.05, 4.69) is 15.6 Å². The third-order valence-corrected chi connectivity index (χ3v) is 4.45. The predicted molar refractivity (Wildman–Crippen MR) is 81.9 cm³/mol. The maximum absolute atomic E-state index is 13.1. The lowest BCUT2D eigenvalue weighted by molar-refractivity contribution is -0.122. The first-order valence-electron chi connectivity index (χ1n) is 7.65. The van der Waals surface area contributed by atoms with Crippen molar-refractivity contribution in [3.63, 3.8) is 0 Å². The van der Waals surface area contributed by atoms with Gasteiger partial charge in [-0.25, -0.2) is 13.9 Å². The van der Waals surface area contributed by atoms with Gasteiger partial charge in [-0.05, 0) is 30.5 Å². The van der Waals surface area contributed by atoms with Crippen LogP contribution in [0, 0.1) is 5.82 Å². The van der Waals surface area contributed by atoms with Crippen molar-refractivity contribution in [2.45, 2.75) is 31.2 Å². The molecule has 0 unspecified atom stereocenters. The minimum absolute atomic E-state index is 0.0974. The van der Waals surface area contributed by atoms with Crippen molar-refractivity contribution in [1.29, 1.82) is 0 Å². The molecule has 0 radical (unpaired) electrons. The lowest BCUT2D eigenvalue weighted by Crippen LogP contribution is -2.46. The number of aromatic nitrogens is 3. The average molecular weight is 332 g/mol. The fraction of sp³-hybridized carbons (Fsp3) is 0.375. The van der Waals surface area contributed by atoms with E-state index < -0.39 is 5.97 Å². The lowest BCUT2D eigenvalue weighted by Gasteiger charge is -2.42. The highest BCUT2D eigenvalue weighted by Crippen LogP contribution is 2.43. The number of nitrogens with one attached hydrogen (secondary N) is 1. The number of carbonyl (C=O) groups is 2. The summed E-state index contributed by atoms with van der Waals surface area (Å²) in [4.78, 5) is 22.8. The summed E-state index contributed by atoms with van der Waals surface area (Å²) in [6, 6.07) is 6.38. The third kappa shape index (κ3) is 3.27. The summed E-state index contributed by atoms with van der Waals surface area (Å²) in [5, 5.41) is 18.7. The molecule has 126 valence electrons. The number of hydrogen-bond acceptors (Lipinski definition) is 4. The monoisotopic (exact) mass is 332 g/mol. The zero-order valence-corrected chi connectivity index (χ0v) is 12.9. The number of amides is 1. The van der Waals surface area contributed by atoms with E-state index in [0.717, 1.165) is 24.8 Å². The Balaban J connectivity index is 1.60. The average Bonchev–Trinajstić information content (AvgIpc) is 2.96. The van der Waals surface area contributed by atoms with Crippen molar-refractivity contribution in [2.75, 3.05) is 6.54 Å². The molecule has 1 saturated carbocycles. The molecule has 3 rings (SSSR count). The van der Waals surface area contributed by atoms with Gasteiger partial charge in [-0.3, -0.25) is 4.79 Å². The van der Waals surface area contributed by atoms with Crippen LogP contribution >= 0.6 is 0 Å². The Morgan fingerprint density at radius 2 is 2.00 bits per heavy atom. The highest BCUT2D eigenvalue weighted by Gasteiger charge is 2.38. The standard InChI is InChI=1S/C16H17FN4O3/c17-12-4-2-11(3-5-12)16(6-1-7-16)10-18-14(22)9-21-8-13(15(23)24)19-20-21/h2-5,8H,1,6-7,9-10H2,(H,18,22)(H,23,24). The van der Waals surface area contributed by atoms with E-state index in [1.165, 1.54) is 23.0 Å². The Kier molecular flexibility index (Phi) is 4.28. The van der Waals surface area contributed by atoms with E-state index in [9.17, 15) is 14.0 Å². The number of carbonyl (C=O) groups excluding carboxylic acids is 1.